The zero-order valence-electron chi connectivity index (χ0n) is 23.3. The molecular formula is C28H32N5O7P. The first-order chi connectivity index (χ1) is 19.5. The van der Waals surface area contributed by atoms with Gasteiger partial charge < -0.3 is 34.0 Å². The molecule has 0 spiro atoms. The first-order valence-electron chi connectivity index (χ1n) is 12.5. The lowest BCUT2D eigenvalue weighted by Gasteiger charge is -2.16. The van der Waals surface area contributed by atoms with Gasteiger partial charge in [-0.25, -0.2) is 14.5 Å². The monoisotopic (exact) mass is 581 g/mol. The Labute approximate surface area is 237 Å². The number of carbonyl (C=O) groups excluding carboxylic acids is 1. The van der Waals surface area contributed by atoms with Crippen molar-refractivity contribution in [3.63, 3.8) is 0 Å². The zero-order chi connectivity index (χ0) is 29.7. The first-order valence-corrected chi connectivity index (χ1v) is 14.1. The van der Waals surface area contributed by atoms with Crippen molar-refractivity contribution in [1.29, 1.82) is 0 Å². The second-order valence-corrected chi connectivity index (χ2v) is 10.6. The molecule has 1 aromatic carbocycles. The first kappa shape index (κ1) is 29.9. The standard InChI is InChI=1S/C28H32N5O7P/c1-18(40-41(35,36)37)33-17-25(19-8-9-29-27(14-19)39-5)24-13-21(16-30-28(24)33)20-11-22(15-23(12-20)38-4)31-26(34)7-6-10-32(2)3/h6-9,11-18H,10H2,1-5H3,(H,31,34)(H2,35,36,37). The highest BCUT2D eigenvalue weighted by Gasteiger charge is 2.24. The molecule has 0 aliphatic carbocycles. The van der Waals surface area contributed by atoms with Crippen LogP contribution in [0.4, 0.5) is 5.69 Å². The Morgan fingerprint density at radius 2 is 1.88 bits per heavy atom. The topological polar surface area (TPSA) is 148 Å². The number of pyridine rings is 2. The molecule has 13 heteroatoms. The van der Waals surface area contributed by atoms with Gasteiger partial charge in [0.25, 0.3) is 0 Å². The molecule has 41 heavy (non-hydrogen) atoms. The van der Waals surface area contributed by atoms with E-state index in [1.165, 1.54) is 20.1 Å². The summed E-state index contributed by atoms with van der Waals surface area (Å²) in [6.45, 7) is 2.15. The quantitative estimate of drug-likeness (QED) is 0.171. The molecule has 0 saturated heterocycles. The van der Waals surface area contributed by atoms with Gasteiger partial charge in [-0.05, 0) is 56.4 Å². The summed E-state index contributed by atoms with van der Waals surface area (Å²) in [5.74, 6) is 0.667. The van der Waals surface area contributed by atoms with Crippen molar-refractivity contribution in [3.8, 4) is 33.9 Å². The van der Waals surface area contributed by atoms with E-state index in [9.17, 15) is 19.1 Å². The van der Waals surface area contributed by atoms with Crippen molar-refractivity contribution in [3.05, 3.63) is 67.1 Å². The summed E-state index contributed by atoms with van der Waals surface area (Å²) in [5.41, 5.74) is 3.92. The average molecular weight is 582 g/mol. The number of benzene rings is 1. The fourth-order valence-corrected chi connectivity index (χ4v) is 4.74. The number of carbonyl (C=O) groups is 1. The molecule has 12 nitrogen and oxygen atoms in total. The molecule has 0 aliphatic heterocycles. The van der Waals surface area contributed by atoms with Gasteiger partial charge in [-0.1, -0.05) is 6.08 Å². The van der Waals surface area contributed by atoms with Gasteiger partial charge >= 0.3 is 7.82 Å². The van der Waals surface area contributed by atoms with Gasteiger partial charge in [-0.2, -0.15) is 0 Å². The summed E-state index contributed by atoms with van der Waals surface area (Å²) in [6.07, 6.45) is 7.19. The van der Waals surface area contributed by atoms with Crippen LogP contribution in [0.25, 0.3) is 33.3 Å². The number of fused-ring (bicyclic) bond motifs is 1. The third-order valence-electron chi connectivity index (χ3n) is 6.09. The maximum atomic E-state index is 12.5. The minimum atomic E-state index is -4.77. The van der Waals surface area contributed by atoms with Crippen LogP contribution in [0, 0.1) is 0 Å². The molecule has 3 N–H and O–H groups in total. The van der Waals surface area contributed by atoms with E-state index in [0.717, 1.165) is 22.3 Å². The van der Waals surface area contributed by atoms with E-state index >= 15 is 0 Å². The Balaban J connectivity index is 1.81. The van der Waals surface area contributed by atoms with E-state index in [0.29, 0.717) is 34.9 Å². The lowest BCUT2D eigenvalue weighted by Crippen LogP contribution is -2.13. The molecular weight excluding hydrogens is 549 g/mol. The van der Waals surface area contributed by atoms with Gasteiger partial charge in [-0.15, -0.1) is 0 Å². The molecule has 1 amide bonds. The number of hydrogen-bond donors (Lipinski definition) is 3. The van der Waals surface area contributed by atoms with Crippen molar-refractivity contribution in [1.82, 2.24) is 19.4 Å². The molecule has 0 radical (unpaired) electrons. The van der Waals surface area contributed by atoms with Crippen molar-refractivity contribution >= 4 is 30.5 Å². The average Bonchev–Trinajstić information content (AvgIpc) is 3.31. The number of aromatic nitrogens is 3. The second kappa shape index (κ2) is 12.6. The zero-order valence-corrected chi connectivity index (χ0v) is 24.2. The number of phosphoric ester groups is 1. The van der Waals surface area contributed by atoms with Crippen LogP contribution in [0.2, 0.25) is 0 Å². The van der Waals surface area contributed by atoms with E-state index in [1.54, 1.807) is 54.5 Å². The van der Waals surface area contributed by atoms with Crippen LogP contribution in [0.1, 0.15) is 13.2 Å². The van der Waals surface area contributed by atoms with Crippen LogP contribution in [0.5, 0.6) is 11.6 Å². The van der Waals surface area contributed by atoms with E-state index < -0.39 is 14.1 Å². The van der Waals surface area contributed by atoms with Crippen molar-refractivity contribution in [2.24, 2.45) is 0 Å². The fourth-order valence-electron chi connectivity index (χ4n) is 4.24. The Hall–Kier alpha value is -4.06. The SMILES string of the molecule is COc1cc(NC(=O)C=CCN(C)C)cc(-c2cnc3c(c2)c(-c2ccnc(OC)c2)cn3C(C)OP(=O)(O)O)c1. The fraction of sp³-hybridized carbons (Fsp3) is 0.250. The lowest BCUT2D eigenvalue weighted by atomic mass is 10.0. The number of ether oxygens (including phenoxy) is 2. The van der Waals surface area contributed by atoms with Crippen LogP contribution in [0.15, 0.2) is 67.1 Å². The van der Waals surface area contributed by atoms with E-state index in [2.05, 4.69) is 15.3 Å². The van der Waals surface area contributed by atoms with Crippen LogP contribution < -0.4 is 14.8 Å². The number of likely N-dealkylation sites (N-methyl/N-ethyl adjacent to an activating group) is 1. The van der Waals surface area contributed by atoms with E-state index in [4.69, 9.17) is 14.0 Å². The molecule has 1 unspecified atom stereocenters. The van der Waals surface area contributed by atoms with Crippen LogP contribution >= 0.6 is 7.82 Å². The smallest absolute Gasteiger partial charge is 0.471 e. The highest BCUT2D eigenvalue weighted by molar-refractivity contribution is 7.46. The maximum absolute atomic E-state index is 12.5. The number of rotatable bonds is 11. The minimum absolute atomic E-state index is 0.273. The van der Waals surface area contributed by atoms with Crippen molar-refractivity contribution < 1.29 is 33.1 Å². The molecule has 4 aromatic rings. The van der Waals surface area contributed by atoms with Crippen LogP contribution in [0.3, 0.4) is 0 Å². The van der Waals surface area contributed by atoms with Crippen molar-refractivity contribution in [2.75, 3.05) is 40.2 Å². The number of methoxy groups -OCH3 is 2. The minimum Gasteiger partial charge on any atom is -0.497 e. The summed E-state index contributed by atoms with van der Waals surface area (Å²) in [7, 11) is 2.12. The molecule has 3 heterocycles. The highest BCUT2D eigenvalue weighted by atomic mass is 31.2. The summed E-state index contributed by atoms with van der Waals surface area (Å²) < 4.78 is 28.9. The largest absolute Gasteiger partial charge is 0.497 e. The molecule has 1 atom stereocenters. The van der Waals surface area contributed by atoms with Gasteiger partial charge in [0.2, 0.25) is 11.8 Å². The van der Waals surface area contributed by atoms with Gasteiger partial charge in [-0.3, -0.25) is 9.32 Å². The van der Waals surface area contributed by atoms with Gasteiger partial charge in [0.05, 0.1) is 14.2 Å². The summed E-state index contributed by atoms with van der Waals surface area (Å²) in [5, 5.41) is 3.56. The Morgan fingerprint density at radius 1 is 1.10 bits per heavy atom. The maximum Gasteiger partial charge on any atom is 0.471 e. The number of nitrogens with one attached hydrogen (secondary N) is 1. The molecule has 0 saturated carbocycles. The Morgan fingerprint density at radius 3 is 2.56 bits per heavy atom. The second-order valence-electron chi connectivity index (χ2n) is 9.43. The van der Waals surface area contributed by atoms with Gasteiger partial charge in [0, 0.05) is 65.5 Å². The number of hydrogen-bond acceptors (Lipinski definition) is 8. The summed E-state index contributed by atoms with van der Waals surface area (Å²) >= 11 is 0. The Kier molecular flexibility index (Phi) is 9.21. The van der Waals surface area contributed by atoms with Crippen LogP contribution in [-0.2, 0) is 13.9 Å². The molecule has 216 valence electrons. The van der Waals surface area contributed by atoms with Gasteiger partial charge in [0.1, 0.15) is 17.6 Å². The number of amides is 1. The third kappa shape index (κ3) is 7.57. The lowest BCUT2D eigenvalue weighted by molar-refractivity contribution is -0.111. The molecule has 3 aromatic heterocycles. The molecule has 0 bridgehead atoms. The van der Waals surface area contributed by atoms with Crippen molar-refractivity contribution in [2.45, 2.75) is 13.2 Å². The van der Waals surface area contributed by atoms with Gasteiger partial charge in [0.15, 0.2) is 0 Å². The normalized spacial score (nSPS) is 12.7. The molecule has 4 rings (SSSR count). The number of anilines is 1. The summed E-state index contributed by atoms with van der Waals surface area (Å²) in [4.78, 5) is 42.0. The number of nitrogens with zero attached hydrogens (tertiary/aromatic N) is 4. The van der Waals surface area contributed by atoms with E-state index in [-0.39, 0.29) is 5.91 Å². The predicted molar refractivity (Wildman–Crippen MR) is 156 cm³/mol. The van der Waals surface area contributed by atoms with E-state index in [1.807, 2.05) is 37.2 Å². The molecule has 0 fully saturated rings. The number of phosphoric acid groups is 1. The summed E-state index contributed by atoms with van der Waals surface area (Å²) in [6, 6.07) is 10.8. The molecule has 0 aliphatic rings. The third-order valence-corrected chi connectivity index (χ3v) is 6.67. The predicted octanol–water partition coefficient (Wildman–Crippen LogP) is 4.47. The van der Waals surface area contributed by atoms with Crippen LogP contribution in [-0.4, -0.2) is 70.0 Å². The highest BCUT2D eigenvalue weighted by Crippen LogP contribution is 2.43. The Bertz CT molecular complexity index is 1630.